The van der Waals surface area contributed by atoms with Crippen molar-refractivity contribution in [3.8, 4) is 5.75 Å². The average Bonchev–Trinajstić information content (AvgIpc) is 2.93. The number of carboxylic acids is 1. The van der Waals surface area contributed by atoms with Gasteiger partial charge in [0.1, 0.15) is 12.3 Å². The number of sulfonamides is 1. The summed E-state index contributed by atoms with van der Waals surface area (Å²) in [7, 11) is -3.83. The molecule has 0 aliphatic carbocycles. The molecule has 11 heteroatoms. The van der Waals surface area contributed by atoms with Gasteiger partial charge in [-0.25, -0.2) is 8.42 Å². The molecule has 10 nitrogen and oxygen atoms in total. The van der Waals surface area contributed by atoms with Crippen LogP contribution < -0.4 is 14.8 Å². The van der Waals surface area contributed by atoms with Crippen LogP contribution in [0.2, 0.25) is 0 Å². The highest BCUT2D eigenvalue weighted by atomic mass is 32.2. The third kappa shape index (κ3) is 11.7. The summed E-state index contributed by atoms with van der Waals surface area (Å²) < 4.78 is 43.7. The number of ether oxygens (including phenoxy) is 3. The molecular weight excluding hydrogens is 548 g/mol. The van der Waals surface area contributed by atoms with Crippen molar-refractivity contribution in [3.05, 3.63) is 59.2 Å². The van der Waals surface area contributed by atoms with E-state index >= 15 is 0 Å². The van der Waals surface area contributed by atoms with Gasteiger partial charge in [0.2, 0.25) is 15.8 Å². The summed E-state index contributed by atoms with van der Waals surface area (Å²) in [4.78, 5) is 10.7. The Hall–Kier alpha value is -2.54. The molecule has 2 aromatic rings. The van der Waals surface area contributed by atoms with Gasteiger partial charge in [0.25, 0.3) is 0 Å². The highest BCUT2D eigenvalue weighted by Crippen LogP contribution is 2.32. The number of benzene rings is 2. The predicted molar refractivity (Wildman–Crippen MR) is 155 cm³/mol. The standard InChI is InChI=1S/C30H44N2O8S/c1-30(2)39-22-25-19-24(13-14-28(25)40-30)27(33)20-31-15-6-3-4-7-16-38-17-8-5-10-23-11-9-12-26(18-23)41(36,37)32-21-29(34)35/h9,11-14,18-19,27,31-33H,3-8,10,15-17,20-22H2,1-2H3,(H,34,35)/t27-/m0/s1. The van der Waals surface area contributed by atoms with Crippen LogP contribution in [-0.4, -0.2) is 63.2 Å². The Kier molecular flexibility index (Phi) is 13.0. The van der Waals surface area contributed by atoms with Crippen LogP contribution in [0, 0.1) is 0 Å². The van der Waals surface area contributed by atoms with E-state index in [-0.39, 0.29) is 4.90 Å². The molecule has 0 spiro atoms. The lowest BCUT2D eigenvalue weighted by Gasteiger charge is -2.33. The van der Waals surface area contributed by atoms with Gasteiger partial charge in [-0.05, 0) is 74.0 Å². The summed E-state index contributed by atoms with van der Waals surface area (Å²) in [6.45, 7) is 6.32. The van der Waals surface area contributed by atoms with E-state index in [9.17, 15) is 18.3 Å². The topological polar surface area (TPSA) is 143 Å². The Morgan fingerprint density at radius 1 is 1.05 bits per heavy atom. The van der Waals surface area contributed by atoms with Crippen molar-refractivity contribution >= 4 is 16.0 Å². The highest BCUT2D eigenvalue weighted by molar-refractivity contribution is 7.89. The summed E-state index contributed by atoms with van der Waals surface area (Å²) >= 11 is 0. The average molecular weight is 593 g/mol. The van der Waals surface area contributed by atoms with Gasteiger partial charge in [0.15, 0.2) is 0 Å². The monoisotopic (exact) mass is 592 g/mol. The van der Waals surface area contributed by atoms with Crippen LogP contribution in [0.5, 0.6) is 5.75 Å². The van der Waals surface area contributed by atoms with Crippen molar-refractivity contribution in [2.24, 2.45) is 0 Å². The van der Waals surface area contributed by atoms with Crippen molar-refractivity contribution < 1.29 is 37.6 Å². The number of aliphatic hydroxyl groups is 1. The molecular formula is C30H44N2O8S. The number of hydrogen-bond acceptors (Lipinski definition) is 8. The molecule has 1 heterocycles. The van der Waals surface area contributed by atoms with Crippen LogP contribution in [0.25, 0.3) is 0 Å². The molecule has 0 radical (unpaired) electrons. The minimum absolute atomic E-state index is 0.0728. The largest absolute Gasteiger partial charge is 0.480 e. The van der Waals surface area contributed by atoms with E-state index in [0.29, 0.717) is 19.8 Å². The Labute approximate surface area is 243 Å². The summed E-state index contributed by atoms with van der Waals surface area (Å²) in [5.74, 6) is -1.05. The highest BCUT2D eigenvalue weighted by Gasteiger charge is 2.27. The van der Waals surface area contributed by atoms with Crippen molar-refractivity contribution in [3.63, 3.8) is 0 Å². The van der Waals surface area contributed by atoms with Crippen molar-refractivity contribution in [2.75, 3.05) is 32.8 Å². The number of carboxylic acid groups (broad SMARTS) is 1. The fourth-order valence-corrected chi connectivity index (χ4v) is 5.52. The molecule has 1 atom stereocenters. The van der Waals surface area contributed by atoms with Gasteiger partial charge in [-0.1, -0.05) is 31.0 Å². The molecule has 4 N–H and O–H groups in total. The zero-order chi connectivity index (χ0) is 29.7. The van der Waals surface area contributed by atoms with E-state index in [2.05, 4.69) is 10.0 Å². The van der Waals surface area contributed by atoms with Gasteiger partial charge in [0, 0.05) is 39.2 Å². The third-order valence-electron chi connectivity index (χ3n) is 6.76. The van der Waals surface area contributed by atoms with E-state index in [1.807, 2.05) is 38.1 Å². The molecule has 41 heavy (non-hydrogen) atoms. The molecule has 0 amide bonds. The molecule has 2 aromatic carbocycles. The molecule has 0 saturated heterocycles. The number of aliphatic hydroxyl groups excluding tert-OH is 1. The molecule has 3 rings (SSSR count). The Balaban J connectivity index is 1.17. The first kappa shape index (κ1) is 33.0. The maximum atomic E-state index is 12.2. The number of unbranched alkanes of at least 4 members (excludes halogenated alkanes) is 4. The zero-order valence-electron chi connectivity index (χ0n) is 24.1. The van der Waals surface area contributed by atoms with E-state index in [4.69, 9.17) is 19.3 Å². The fourth-order valence-electron chi connectivity index (χ4n) is 4.47. The van der Waals surface area contributed by atoms with Crippen LogP contribution in [0.1, 0.15) is 75.2 Å². The maximum Gasteiger partial charge on any atom is 0.318 e. The predicted octanol–water partition coefficient (Wildman–Crippen LogP) is 3.92. The van der Waals surface area contributed by atoms with Gasteiger partial charge in [-0.15, -0.1) is 0 Å². The SMILES string of the molecule is CC1(C)OCc2cc([C@@H](O)CNCCCCCCOCCCCc3cccc(S(=O)(=O)NCC(=O)O)c3)ccc2O1. The third-order valence-corrected chi connectivity index (χ3v) is 8.16. The minimum atomic E-state index is -3.83. The van der Waals surface area contributed by atoms with Gasteiger partial charge >= 0.3 is 5.97 Å². The van der Waals surface area contributed by atoms with Crippen LogP contribution >= 0.6 is 0 Å². The second kappa shape index (κ2) is 16.2. The van der Waals surface area contributed by atoms with Gasteiger partial charge in [-0.3, -0.25) is 4.79 Å². The number of hydrogen-bond donors (Lipinski definition) is 4. The summed E-state index contributed by atoms with van der Waals surface area (Å²) in [5.41, 5.74) is 2.70. The van der Waals surface area contributed by atoms with Crippen LogP contribution in [-0.2, 0) is 37.3 Å². The van der Waals surface area contributed by atoms with E-state index in [1.54, 1.807) is 12.1 Å². The number of aryl methyl sites for hydroxylation is 1. The first-order chi connectivity index (χ1) is 19.6. The zero-order valence-corrected chi connectivity index (χ0v) is 24.9. The minimum Gasteiger partial charge on any atom is -0.480 e. The lowest BCUT2D eigenvalue weighted by atomic mass is 10.0. The number of carbonyl (C=O) groups is 1. The number of aliphatic carboxylic acids is 1. The number of fused-ring (bicyclic) bond motifs is 1. The first-order valence-corrected chi connectivity index (χ1v) is 15.8. The Morgan fingerprint density at radius 2 is 1.80 bits per heavy atom. The molecule has 0 bridgehead atoms. The van der Waals surface area contributed by atoms with E-state index < -0.39 is 34.4 Å². The van der Waals surface area contributed by atoms with Crippen molar-refractivity contribution in [2.45, 2.75) is 82.2 Å². The maximum absolute atomic E-state index is 12.2. The van der Waals surface area contributed by atoms with E-state index in [1.165, 1.54) is 6.07 Å². The first-order valence-electron chi connectivity index (χ1n) is 14.3. The lowest BCUT2D eigenvalue weighted by molar-refractivity contribution is -0.180. The van der Waals surface area contributed by atoms with Crippen LogP contribution in [0.4, 0.5) is 0 Å². The molecule has 1 aliphatic heterocycles. The summed E-state index contributed by atoms with van der Waals surface area (Å²) in [6, 6.07) is 12.3. The van der Waals surface area contributed by atoms with Crippen molar-refractivity contribution in [1.82, 2.24) is 10.0 Å². The second-order valence-corrected chi connectivity index (χ2v) is 12.5. The summed E-state index contributed by atoms with van der Waals surface area (Å²) in [5, 5.41) is 22.5. The molecule has 0 aromatic heterocycles. The Bertz CT molecular complexity index is 1220. The fraction of sp³-hybridized carbons (Fsp3) is 0.567. The molecule has 228 valence electrons. The van der Waals surface area contributed by atoms with Gasteiger partial charge in [0.05, 0.1) is 17.6 Å². The van der Waals surface area contributed by atoms with Crippen molar-refractivity contribution in [1.29, 1.82) is 0 Å². The number of rotatable bonds is 19. The number of nitrogens with one attached hydrogen (secondary N) is 2. The van der Waals surface area contributed by atoms with Crippen LogP contribution in [0.15, 0.2) is 47.4 Å². The molecule has 0 fully saturated rings. The van der Waals surface area contributed by atoms with Gasteiger partial charge < -0.3 is 29.7 Å². The second-order valence-electron chi connectivity index (χ2n) is 10.7. The smallest absolute Gasteiger partial charge is 0.318 e. The molecule has 0 saturated carbocycles. The quantitative estimate of drug-likeness (QED) is 0.179. The molecule has 0 unspecified atom stereocenters. The molecule has 1 aliphatic rings. The normalized spacial score (nSPS) is 15.2. The van der Waals surface area contributed by atoms with E-state index in [0.717, 1.165) is 80.5 Å². The Morgan fingerprint density at radius 3 is 2.59 bits per heavy atom. The van der Waals surface area contributed by atoms with Crippen LogP contribution in [0.3, 0.4) is 0 Å². The summed E-state index contributed by atoms with van der Waals surface area (Å²) in [6.07, 6.45) is 6.11. The lowest BCUT2D eigenvalue weighted by Crippen LogP contribution is -2.35. The van der Waals surface area contributed by atoms with Gasteiger partial charge in [-0.2, -0.15) is 4.72 Å².